The molecule has 1 fully saturated rings. The van der Waals surface area contributed by atoms with Crippen LogP contribution in [-0.4, -0.2) is 31.4 Å². The van der Waals surface area contributed by atoms with Crippen molar-refractivity contribution in [1.82, 2.24) is 19.7 Å². The van der Waals surface area contributed by atoms with Gasteiger partial charge in [-0.2, -0.15) is 13.2 Å². The number of aromatic nitrogens is 4. The Morgan fingerprint density at radius 2 is 2.00 bits per heavy atom. The number of benzene rings is 1. The highest BCUT2D eigenvalue weighted by molar-refractivity contribution is 7.99. The summed E-state index contributed by atoms with van der Waals surface area (Å²) in [6.45, 7) is 0. The van der Waals surface area contributed by atoms with Crippen LogP contribution in [0.15, 0.2) is 41.7 Å². The highest BCUT2D eigenvalue weighted by Gasteiger charge is 2.32. The number of amides is 1. The van der Waals surface area contributed by atoms with Crippen LogP contribution < -0.4 is 5.32 Å². The number of hydrogen-bond acceptors (Lipinski definition) is 5. The fourth-order valence-corrected chi connectivity index (χ4v) is 3.87. The van der Waals surface area contributed by atoms with Crippen LogP contribution in [0.3, 0.4) is 0 Å². The number of alkyl halides is 3. The van der Waals surface area contributed by atoms with E-state index in [9.17, 15) is 22.4 Å². The first-order valence-corrected chi connectivity index (χ1v) is 10.5. The number of anilines is 1. The maximum atomic E-state index is 14.2. The Kier molecular flexibility index (Phi) is 5.89. The third-order valence-corrected chi connectivity index (χ3v) is 5.68. The lowest BCUT2D eigenvalue weighted by molar-refractivity contribution is -0.137. The topological polar surface area (TPSA) is 72.7 Å². The number of halogens is 5. The minimum atomic E-state index is -4.59. The van der Waals surface area contributed by atoms with Crippen LogP contribution in [0, 0.1) is 5.82 Å². The third-order valence-electron chi connectivity index (χ3n) is 4.45. The van der Waals surface area contributed by atoms with E-state index in [2.05, 4.69) is 20.5 Å². The molecule has 162 valence electrons. The van der Waals surface area contributed by atoms with Crippen molar-refractivity contribution in [1.29, 1.82) is 0 Å². The van der Waals surface area contributed by atoms with Crippen LogP contribution in [-0.2, 0) is 11.0 Å². The highest BCUT2D eigenvalue weighted by atomic mass is 35.5. The molecule has 1 amide bonds. The first-order valence-electron chi connectivity index (χ1n) is 9.09. The summed E-state index contributed by atoms with van der Waals surface area (Å²) < 4.78 is 54.1. The number of carbonyl (C=O) groups is 1. The zero-order valence-corrected chi connectivity index (χ0v) is 17.2. The SMILES string of the molecule is O=C(CSc1nnc(-c2ccccc2F)n1C1CC1)Nc1ncc(C(F)(F)F)cc1Cl. The number of hydrogen-bond donors (Lipinski definition) is 1. The molecule has 1 aliphatic carbocycles. The number of nitrogens with one attached hydrogen (secondary N) is 1. The number of rotatable bonds is 6. The molecule has 3 aromatic rings. The van der Waals surface area contributed by atoms with E-state index in [1.807, 2.05) is 0 Å². The summed E-state index contributed by atoms with van der Waals surface area (Å²) >= 11 is 6.89. The van der Waals surface area contributed by atoms with Crippen molar-refractivity contribution in [2.75, 3.05) is 11.1 Å². The minimum Gasteiger partial charge on any atom is -0.309 e. The van der Waals surface area contributed by atoms with Gasteiger partial charge in [-0.3, -0.25) is 9.36 Å². The van der Waals surface area contributed by atoms with E-state index in [1.54, 1.807) is 22.8 Å². The summed E-state index contributed by atoms with van der Waals surface area (Å²) in [6, 6.07) is 7.05. The van der Waals surface area contributed by atoms with E-state index in [1.165, 1.54) is 6.07 Å². The van der Waals surface area contributed by atoms with Gasteiger partial charge in [0.1, 0.15) is 5.82 Å². The maximum absolute atomic E-state index is 14.2. The summed E-state index contributed by atoms with van der Waals surface area (Å²) in [7, 11) is 0. The Hall–Kier alpha value is -2.66. The van der Waals surface area contributed by atoms with Crippen molar-refractivity contribution in [3.05, 3.63) is 52.9 Å². The molecule has 12 heteroatoms. The van der Waals surface area contributed by atoms with Gasteiger partial charge in [-0.25, -0.2) is 9.37 Å². The molecule has 0 unspecified atom stereocenters. The predicted molar refractivity (Wildman–Crippen MR) is 107 cm³/mol. The van der Waals surface area contributed by atoms with Gasteiger partial charge < -0.3 is 5.32 Å². The number of pyridine rings is 1. The molecule has 0 atom stereocenters. The molecule has 0 spiro atoms. The van der Waals surface area contributed by atoms with Crippen molar-refractivity contribution < 1.29 is 22.4 Å². The van der Waals surface area contributed by atoms with Gasteiger partial charge in [-0.05, 0) is 31.0 Å². The first-order chi connectivity index (χ1) is 14.7. The molecule has 0 radical (unpaired) electrons. The van der Waals surface area contributed by atoms with E-state index >= 15 is 0 Å². The van der Waals surface area contributed by atoms with Crippen molar-refractivity contribution in [3.63, 3.8) is 0 Å². The molecule has 2 aromatic heterocycles. The third kappa shape index (κ3) is 4.82. The van der Waals surface area contributed by atoms with Crippen LogP contribution in [0.4, 0.5) is 23.4 Å². The zero-order chi connectivity index (χ0) is 22.2. The molecule has 1 N–H and O–H groups in total. The lowest BCUT2D eigenvalue weighted by Gasteiger charge is -2.11. The van der Waals surface area contributed by atoms with Gasteiger partial charge in [0.15, 0.2) is 16.8 Å². The van der Waals surface area contributed by atoms with Crippen molar-refractivity contribution >= 4 is 35.1 Å². The summed E-state index contributed by atoms with van der Waals surface area (Å²) in [4.78, 5) is 15.9. The largest absolute Gasteiger partial charge is 0.417 e. The van der Waals surface area contributed by atoms with Crippen LogP contribution >= 0.6 is 23.4 Å². The molecule has 31 heavy (non-hydrogen) atoms. The molecule has 0 aliphatic heterocycles. The number of carbonyl (C=O) groups excluding carboxylic acids is 1. The second kappa shape index (κ2) is 8.46. The second-order valence-corrected chi connectivity index (χ2v) is 8.13. The quantitative estimate of drug-likeness (QED) is 0.394. The molecule has 1 saturated carbocycles. The smallest absolute Gasteiger partial charge is 0.309 e. The monoisotopic (exact) mass is 471 g/mol. The Morgan fingerprint density at radius 3 is 2.65 bits per heavy atom. The second-order valence-electron chi connectivity index (χ2n) is 6.78. The molecule has 0 bridgehead atoms. The van der Waals surface area contributed by atoms with Gasteiger partial charge in [0, 0.05) is 12.2 Å². The number of thioether (sulfide) groups is 1. The molecule has 1 aromatic carbocycles. The van der Waals surface area contributed by atoms with E-state index in [0.717, 1.165) is 24.6 Å². The van der Waals surface area contributed by atoms with Crippen molar-refractivity contribution in [3.8, 4) is 11.4 Å². The fraction of sp³-hybridized carbons (Fsp3) is 0.263. The Morgan fingerprint density at radius 1 is 1.26 bits per heavy atom. The average Bonchev–Trinajstić information content (AvgIpc) is 3.47. The van der Waals surface area contributed by atoms with Crippen molar-refractivity contribution in [2.24, 2.45) is 0 Å². The molecule has 4 rings (SSSR count). The molecule has 6 nitrogen and oxygen atoms in total. The lowest BCUT2D eigenvalue weighted by Crippen LogP contribution is -2.16. The molecule has 2 heterocycles. The molecule has 0 saturated heterocycles. The minimum absolute atomic E-state index is 0.110. The van der Waals surface area contributed by atoms with Crippen LogP contribution in [0.5, 0.6) is 0 Å². The Labute approximate surface area is 183 Å². The van der Waals surface area contributed by atoms with Crippen molar-refractivity contribution in [2.45, 2.75) is 30.2 Å². The molecule has 1 aliphatic rings. The Balaban J connectivity index is 1.46. The van der Waals surface area contributed by atoms with Gasteiger partial charge in [0.25, 0.3) is 0 Å². The van der Waals surface area contributed by atoms with E-state index in [-0.39, 0.29) is 22.6 Å². The lowest BCUT2D eigenvalue weighted by atomic mass is 10.2. The summed E-state index contributed by atoms with van der Waals surface area (Å²) in [5.74, 6) is -0.848. The summed E-state index contributed by atoms with van der Waals surface area (Å²) in [5.41, 5.74) is -0.693. The normalized spacial score (nSPS) is 14.0. The van der Waals surface area contributed by atoms with Gasteiger partial charge in [0.05, 0.1) is 21.9 Å². The summed E-state index contributed by atoms with van der Waals surface area (Å²) in [5, 5.41) is 10.7. The standard InChI is InChI=1S/C19H14ClF4N5OS/c20-13-7-10(19(22,23)24)8-25-16(13)26-15(30)9-31-18-28-27-17(29(18)11-5-6-11)12-3-1-2-4-14(12)21/h1-4,7-8,11H,5-6,9H2,(H,25,26,30). The van der Waals surface area contributed by atoms with Crippen LogP contribution in [0.25, 0.3) is 11.4 Å². The first kappa shape index (κ1) is 21.6. The highest BCUT2D eigenvalue weighted by Crippen LogP contribution is 2.41. The Bertz CT molecular complexity index is 1130. The van der Waals surface area contributed by atoms with Gasteiger partial charge in [-0.15, -0.1) is 10.2 Å². The van der Waals surface area contributed by atoms with Gasteiger partial charge in [0.2, 0.25) is 5.91 Å². The van der Waals surface area contributed by atoms with Crippen LogP contribution in [0.2, 0.25) is 5.02 Å². The fourth-order valence-electron chi connectivity index (χ4n) is 2.85. The average molecular weight is 472 g/mol. The maximum Gasteiger partial charge on any atom is 0.417 e. The predicted octanol–water partition coefficient (Wildman–Crippen LogP) is 5.22. The van der Waals surface area contributed by atoms with Gasteiger partial charge in [-0.1, -0.05) is 35.5 Å². The van der Waals surface area contributed by atoms with E-state index in [0.29, 0.717) is 28.8 Å². The molecular formula is C19H14ClF4N5OS. The number of nitrogens with zero attached hydrogens (tertiary/aromatic N) is 4. The molecular weight excluding hydrogens is 458 g/mol. The van der Waals surface area contributed by atoms with Crippen LogP contribution in [0.1, 0.15) is 24.4 Å². The van der Waals surface area contributed by atoms with E-state index in [4.69, 9.17) is 11.6 Å². The van der Waals surface area contributed by atoms with Gasteiger partial charge >= 0.3 is 6.18 Å². The van der Waals surface area contributed by atoms with E-state index < -0.39 is 23.5 Å². The summed E-state index contributed by atoms with van der Waals surface area (Å²) in [6.07, 6.45) is -2.20. The zero-order valence-electron chi connectivity index (χ0n) is 15.7.